The highest BCUT2D eigenvalue weighted by molar-refractivity contribution is 7.17. The van der Waals surface area contributed by atoms with Gasteiger partial charge < -0.3 is 29.2 Å². The standard InChI is InChI=1S/C27H35N5O4S/c1-27(2)14-21-23(24(33)29-27)37-26(28-21)32-9-11-36-16-19(32)12-18-15-31(4)22-7-6-17(13-20(18)22)25(34)30(3)8-10-35-5/h6-7,13,15,19H,8-12,14,16H2,1-5H3,(H,29,33)/t19-/m0/s1. The number of hydrogen-bond acceptors (Lipinski definition) is 7. The number of amides is 2. The minimum atomic E-state index is -0.296. The summed E-state index contributed by atoms with van der Waals surface area (Å²) in [6.07, 6.45) is 3.61. The van der Waals surface area contributed by atoms with Gasteiger partial charge in [0.1, 0.15) is 4.88 Å². The Kier molecular flexibility index (Phi) is 6.99. The van der Waals surface area contributed by atoms with Crippen molar-refractivity contribution in [2.24, 2.45) is 7.05 Å². The number of likely N-dealkylation sites (N-methyl/N-ethyl adjacent to an activating group) is 1. The number of aromatic nitrogens is 2. The molecule has 9 nitrogen and oxygen atoms in total. The van der Waals surface area contributed by atoms with E-state index in [0.29, 0.717) is 36.8 Å². The molecule has 3 aromatic rings. The van der Waals surface area contributed by atoms with Gasteiger partial charge >= 0.3 is 0 Å². The number of fused-ring (bicyclic) bond motifs is 2. The minimum absolute atomic E-state index is 0.0223. The van der Waals surface area contributed by atoms with E-state index in [0.717, 1.165) is 46.7 Å². The van der Waals surface area contributed by atoms with Crippen LogP contribution >= 0.6 is 11.3 Å². The fraction of sp³-hybridized carbons (Fsp3) is 0.519. The van der Waals surface area contributed by atoms with E-state index in [-0.39, 0.29) is 23.4 Å². The van der Waals surface area contributed by atoms with Crippen LogP contribution in [0.1, 0.15) is 45.1 Å². The summed E-state index contributed by atoms with van der Waals surface area (Å²) in [5.74, 6) is -0.0625. The Morgan fingerprint density at radius 1 is 1.38 bits per heavy atom. The average Bonchev–Trinajstić information content (AvgIpc) is 3.42. The predicted octanol–water partition coefficient (Wildman–Crippen LogP) is 2.87. The smallest absolute Gasteiger partial charge is 0.263 e. The summed E-state index contributed by atoms with van der Waals surface area (Å²) in [4.78, 5) is 35.3. The van der Waals surface area contributed by atoms with Crippen LogP contribution in [0, 0.1) is 0 Å². The number of nitrogens with one attached hydrogen (secondary N) is 1. The molecule has 4 heterocycles. The van der Waals surface area contributed by atoms with Gasteiger partial charge in [0, 0.05) is 68.9 Å². The second-order valence-electron chi connectivity index (χ2n) is 10.6. The van der Waals surface area contributed by atoms with E-state index in [1.807, 2.05) is 39.1 Å². The van der Waals surface area contributed by atoms with Crippen molar-refractivity contribution >= 4 is 39.2 Å². The number of methoxy groups -OCH3 is 1. The summed E-state index contributed by atoms with van der Waals surface area (Å²) < 4.78 is 13.1. The molecule has 2 amide bonds. The molecule has 37 heavy (non-hydrogen) atoms. The molecule has 0 bridgehead atoms. The number of carbonyl (C=O) groups excluding carboxylic acids is 2. The Balaban J connectivity index is 1.42. The Morgan fingerprint density at radius 2 is 2.19 bits per heavy atom. The number of thiazole rings is 1. The third-order valence-corrected chi connectivity index (χ3v) is 8.31. The second-order valence-corrected chi connectivity index (χ2v) is 11.6. The van der Waals surface area contributed by atoms with Crippen molar-refractivity contribution in [3.05, 3.63) is 46.1 Å². The predicted molar refractivity (Wildman–Crippen MR) is 145 cm³/mol. The molecule has 1 saturated heterocycles. The zero-order chi connectivity index (χ0) is 26.3. The zero-order valence-electron chi connectivity index (χ0n) is 22.2. The van der Waals surface area contributed by atoms with Crippen molar-refractivity contribution in [2.45, 2.75) is 38.3 Å². The summed E-state index contributed by atoms with van der Waals surface area (Å²) in [5, 5.41) is 5.03. The van der Waals surface area contributed by atoms with Gasteiger partial charge in [-0.25, -0.2) is 4.98 Å². The maximum atomic E-state index is 13.0. The van der Waals surface area contributed by atoms with Crippen molar-refractivity contribution in [3.63, 3.8) is 0 Å². The maximum Gasteiger partial charge on any atom is 0.263 e. The van der Waals surface area contributed by atoms with Gasteiger partial charge in [-0.2, -0.15) is 0 Å². The molecule has 2 aromatic heterocycles. The van der Waals surface area contributed by atoms with Gasteiger partial charge in [-0.05, 0) is 44.0 Å². The quantitative estimate of drug-likeness (QED) is 0.510. The molecule has 0 saturated carbocycles. The number of morpholine rings is 1. The lowest BCUT2D eigenvalue weighted by molar-refractivity contribution is 0.0744. The first-order valence-electron chi connectivity index (χ1n) is 12.7. The molecule has 5 rings (SSSR count). The van der Waals surface area contributed by atoms with Crippen molar-refractivity contribution in [1.29, 1.82) is 0 Å². The van der Waals surface area contributed by atoms with Crippen LogP contribution in [0.15, 0.2) is 24.4 Å². The van der Waals surface area contributed by atoms with Gasteiger partial charge in [-0.1, -0.05) is 11.3 Å². The Bertz CT molecular complexity index is 1330. The van der Waals surface area contributed by atoms with Gasteiger partial charge in [-0.3, -0.25) is 9.59 Å². The molecule has 2 aliphatic rings. The molecule has 0 aliphatic carbocycles. The van der Waals surface area contributed by atoms with Crippen molar-refractivity contribution in [2.75, 3.05) is 52.0 Å². The van der Waals surface area contributed by atoms with Crippen molar-refractivity contribution < 1.29 is 19.1 Å². The number of rotatable bonds is 7. The lowest BCUT2D eigenvalue weighted by atomic mass is 9.94. The fourth-order valence-corrected chi connectivity index (χ4v) is 6.31. The van der Waals surface area contributed by atoms with Crippen LogP contribution in [-0.4, -0.2) is 84.9 Å². The average molecular weight is 526 g/mol. The van der Waals surface area contributed by atoms with E-state index in [4.69, 9.17) is 14.5 Å². The molecule has 0 radical (unpaired) electrons. The summed E-state index contributed by atoms with van der Waals surface area (Å²) in [6, 6.07) is 5.98. The molecule has 1 atom stereocenters. The molecule has 198 valence electrons. The van der Waals surface area contributed by atoms with E-state index >= 15 is 0 Å². The third-order valence-electron chi connectivity index (χ3n) is 7.18. The van der Waals surface area contributed by atoms with Crippen LogP contribution in [0.2, 0.25) is 0 Å². The first-order chi connectivity index (χ1) is 17.7. The Hall–Kier alpha value is -2.95. The summed E-state index contributed by atoms with van der Waals surface area (Å²) in [7, 11) is 5.46. The number of aryl methyl sites for hydroxylation is 1. The van der Waals surface area contributed by atoms with Gasteiger partial charge in [0.05, 0.1) is 31.6 Å². The van der Waals surface area contributed by atoms with E-state index in [9.17, 15) is 9.59 Å². The number of anilines is 1. The van der Waals surface area contributed by atoms with E-state index in [1.165, 1.54) is 11.3 Å². The third kappa shape index (κ3) is 5.10. The first-order valence-corrected chi connectivity index (χ1v) is 13.5. The summed E-state index contributed by atoms with van der Waals surface area (Å²) >= 11 is 1.47. The van der Waals surface area contributed by atoms with E-state index in [1.54, 1.807) is 19.1 Å². The fourth-order valence-electron chi connectivity index (χ4n) is 5.24. The molecule has 10 heteroatoms. The van der Waals surface area contributed by atoms with E-state index in [2.05, 4.69) is 21.0 Å². The van der Waals surface area contributed by atoms with Gasteiger partial charge in [0.25, 0.3) is 11.8 Å². The topological polar surface area (TPSA) is 88.9 Å². The van der Waals surface area contributed by atoms with E-state index < -0.39 is 0 Å². The van der Waals surface area contributed by atoms with Crippen LogP contribution < -0.4 is 10.2 Å². The molecular weight excluding hydrogens is 490 g/mol. The molecule has 0 unspecified atom stereocenters. The van der Waals surface area contributed by atoms with Crippen LogP contribution in [0.3, 0.4) is 0 Å². The number of carbonyl (C=O) groups is 2. The van der Waals surface area contributed by atoms with Crippen molar-refractivity contribution in [1.82, 2.24) is 19.8 Å². The lowest BCUT2D eigenvalue weighted by Crippen LogP contribution is -2.48. The first kappa shape index (κ1) is 25.7. The molecule has 2 aliphatic heterocycles. The Morgan fingerprint density at radius 3 is 2.97 bits per heavy atom. The number of benzene rings is 1. The highest BCUT2D eigenvalue weighted by Crippen LogP contribution is 2.35. The molecular formula is C27H35N5O4S. The molecule has 1 aromatic carbocycles. The van der Waals surface area contributed by atoms with Gasteiger partial charge in [0.15, 0.2) is 5.13 Å². The van der Waals surface area contributed by atoms with Gasteiger partial charge in [-0.15, -0.1) is 0 Å². The summed E-state index contributed by atoms with van der Waals surface area (Å²) in [6.45, 7) is 7.02. The van der Waals surface area contributed by atoms with Crippen LogP contribution in [0.4, 0.5) is 5.13 Å². The number of hydrogen-bond donors (Lipinski definition) is 1. The second kappa shape index (κ2) is 10.1. The molecule has 0 spiro atoms. The summed E-state index contributed by atoms with van der Waals surface area (Å²) in [5.41, 5.74) is 3.49. The number of ether oxygens (including phenoxy) is 2. The van der Waals surface area contributed by atoms with Crippen molar-refractivity contribution in [3.8, 4) is 0 Å². The molecule has 1 N–H and O–H groups in total. The highest BCUT2D eigenvalue weighted by atomic mass is 32.1. The maximum absolute atomic E-state index is 13.0. The molecule has 1 fully saturated rings. The Labute approximate surface area is 221 Å². The van der Waals surface area contributed by atoms with Crippen LogP contribution in [0.25, 0.3) is 10.9 Å². The SMILES string of the molecule is COCCN(C)C(=O)c1ccc2c(c1)c(C[C@H]1COCCN1c1nc3c(s1)C(=O)NC(C)(C)C3)cn2C. The minimum Gasteiger partial charge on any atom is -0.383 e. The van der Waals surface area contributed by atoms with Crippen LogP contribution in [0.5, 0.6) is 0 Å². The monoisotopic (exact) mass is 525 g/mol. The van der Waals surface area contributed by atoms with Crippen LogP contribution in [-0.2, 0) is 29.4 Å². The lowest BCUT2D eigenvalue weighted by Gasteiger charge is -2.35. The zero-order valence-corrected chi connectivity index (χ0v) is 23.0. The number of nitrogens with zero attached hydrogens (tertiary/aromatic N) is 4. The highest BCUT2D eigenvalue weighted by Gasteiger charge is 2.35. The van der Waals surface area contributed by atoms with Gasteiger partial charge in [0.2, 0.25) is 0 Å². The largest absolute Gasteiger partial charge is 0.383 e. The normalized spacial score (nSPS) is 19.1.